The van der Waals surface area contributed by atoms with Gasteiger partial charge in [0.15, 0.2) is 5.82 Å². The number of aromatic amines is 1. The van der Waals surface area contributed by atoms with Gasteiger partial charge in [0.2, 0.25) is 10.0 Å². The molecule has 0 spiro atoms. The Labute approximate surface area is 138 Å². The molecule has 0 aliphatic heterocycles. The Morgan fingerprint density at radius 3 is 2.68 bits per heavy atom. The van der Waals surface area contributed by atoms with Gasteiger partial charge in [0.05, 0.1) is 5.02 Å². The topological polar surface area (TPSA) is 101 Å². The fraction of sp³-hybridized carbons (Fsp3) is 0.417. The van der Waals surface area contributed by atoms with Crippen LogP contribution < -0.4 is 4.72 Å². The minimum Gasteiger partial charge on any atom is -0.211 e. The fourth-order valence-electron chi connectivity index (χ4n) is 1.95. The first-order valence-electron chi connectivity index (χ1n) is 6.50. The van der Waals surface area contributed by atoms with Gasteiger partial charge in [-0.05, 0) is 37.5 Å². The van der Waals surface area contributed by atoms with Crippen molar-refractivity contribution in [2.75, 3.05) is 6.54 Å². The summed E-state index contributed by atoms with van der Waals surface area (Å²) in [7, 11) is -3.74. The van der Waals surface area contributed by atoms with Crippen molar-refractivity contribution < 1.29 is 8.42 Å². The van der Waals surface area contributed by atoms with Crippen LogP contribution >= 0.6 is 23.2 Å². The molecule has 2 N–H and O–H groups in total. The van der Waals surface area contributed by atoms with E-state index >= 15 is 0 Å². The number of sulfonamides is 1. The lowest BCUT2D eigenvalue weighted by atomic mass is 10.2. The molecule has 0 atom stereocenters. The Morgan fingerprint density at radius 2 is 2.05 bits per heavy atom. The second kappa shape index (κ2) is 6.91. The molecule has 0 aliphatic carbocycles. The van der Waals surface area contributed by atoms with E-state index in [0.29, 0.717) is 34.8 Å². The molecule has 0 saturated heterocycles. The number of aryl methyl sites for hydroxylation is 2. The molecular formula is C12H15Cl2N5O2S. The van der Waals surface area contributed by atoms with Gasteiger partial charge in [0.25, 0.3) is 0 Å². The maximum absolute atomic E-state index is 12.4. The molecule has 2 aromatic rings. The van der Waals surface area contributed by atoms with Crippen LogP contribution in [0.25, 0.3) is 0 Å². The molecule has 0 bridgehead atoms. The molecule has 0 unspecified atom stereocenters. The maximum atomic E-state index is 12.4. The molecular weight excluding hydrogens is 349 g/mol. The van der Waals surface area contributed by atoms with Crippen molar-refractivity contribution in [3.8, 4) is 0 Å². The van der Waals surface area contributed by atoms with E-state index in [1.807, 2.05) is 0 Å². The third-order valence-corrected chi connectivity index (χ3v) is 5.74. The number of nitrogens with zero attached hydrogens (tertiary/aromatic N) is 3. The number of hydrogen-bond donors (Lipinski definition) is 2. The lowest BCUT2D eigenvalue weighted by molar-refractivity contribution is 0.577. The fourth-order valence-corrected chi connectivity index (χ4v) is 4.23. The average Bonchev–Trinajstić information content (AvgIpc) is 2.95. The van der Waals surface area contributed by atoms with Gasteiger partial charge in [-0.3, -0.25) is 0 Å². The van der Waals surface area contributed by atoms with Crippen LogP contribution in [0.4, 0.5) is 0 Å². The second-order valence-corrected chi connectivity index (χ2v) is 7.26. The number of aromatic nitrogens is 4. The van der Waals surface area contributed by atoms with Crippen LogP contribution in [-0.2, 0) is 16.4 Å². The summed E-state index contributed by atoms with van der Waals surface area (Å²) in [6.45, 7) is 3.57. The summed E-state index contributed by atoms with van der Waals surface area (Å²) >= 11 is 12.2. The van der Waals surface area contributed by atoms with Gasteiger partial charge >= 0.3 is 0 Å². The first-order valence-corrected chi connectivity index (χ1v) is 8.74. The average molecular weight is 364 g/mol. The molecule has 0 radical (unpaired) electrons. The van der Waals surface area contributed by atoms with Gasteiger partial charge in [0, 0.05) is 18.0 Å². The van der Waals surface area contributed by atoms with Crippen LogP contribution in [0, 0.1) is 13.8 Å². The zero-order chi connectivity index (χ0) is 16.3. The second-order valence-electron chi connectivity index (χ2n) is 4.77. The monoisotopic (exact) mass is 363 g/mol. The molecule has 1 aromatic carbocycles. The summed E-state index contributed by atoms with van der Waals surface area (Å²) in [6.07, 6.45) is 1.05. The smallest absolute Gasteiger partial charge is 0.211 e. The molecule has 0 amide bonds. The number of hydrogen-bond acceptors (Lipinski definition) is 5. The van der Waals surface area contributed by atoms with E-state index in [0.717, 1.165) is 0 Å². The minimum atomic E-state index is -3.74. The van der Waals surface area contributed by atoms with E-state index < -0.39 is 10.0 Å². The Bertz CT molecular complexity index is 736. The summed E-state index contributed by atoms with van der Waals surface area (Å²) in [5.74, 6) is 0.534. The number of tetrazole rings is 1. The van der Waals surface area contributed by atoms with Crippen LogP contribution in [-0.4, -0.2) is 35.6 Å². The van der Waals surface area contributed by atoms with Crippen LogP contribution in [0.1, 0.15) is 23.4 Å². The number of nitrogens with one attached hydrogen (secondary N) is 2. The van der Waals surface area contributed by atoms with E-state index in [4.69, 9.17) is 23.2 Å². The van der Waals surface area contributed by atoms with E-state index in [-0.39, 0.29) is 16.5 Å². The van der Waals surface area contributed by atoms with Gasteiger partial charge in [-0.25, -0.2) is 13.1 Å². The first kappa shape index (κ1) is 17.1. The van der Waals surface area contributed by atoms with Crippen LogP contribution in [0.3, 0.4) is 0 Å². The number of rotatable bonds is 6. The van der Waals surface area contributed by atoms with Crippen LogP contribution in [0.15, 0.2) is 11.0 Å². The van der Waals surface area contributed by atoms with E-state index in [1.165, 1.54) is 0 Å². The third-order valence-electron chi connectivity index (χ3n) is 3.11. The first-order chi connectivity index (χ1) is 10.3. The number of H-pyrrole nitrogens is 1. The van der Waals surface area contributed by atoms with Gasteiger partial charge in [-0.2, -0.15) is 5.21 Å². The standard InChI is InChI=1S/C12H15Cl2N5O2S/c1-7-6-9(13)8(2)12(11(7)14)22(20,21)15-5-3-4-10-16-18-19-17-10/h6,15H,3-5H2,1-2H3,(H,16,17,18,19). The third kappa shape index (κ3) is 3.75. The molecule has 10 heteroatoms. The molecule has 1 heterocycles. The zero-order valence-corrected chi connectivity index (χ0v) is 14.3. The largest absolute Gasteiger partial charge is 0.242 e. The van der Waals surface area contributed by atoms with Crippen molar-refractivity contribution in [3.05, 3.63) is 33.1 Å². The van der Waals surface area contributed by atoms with Crippen LogP contribution in [0.5, 0.6) is 0 Å². The Hall–Kier alpha value is -1.22. The highest BCUT2D eigenvalue weighted by Gasteiger charge is 2.23. The maximum Gasteiger partial charge on any atom is 0.242 e. The van der Waals surface area contributed by atoms with E-state index in [2.05, 4.69) is 25.3 Å². The normalized spacial score (nSPS) is 11.8. The van der Waals surface area contributed by atoms with Crippen molar-refractivity contribution in [2.45, 2.75) is 31.6 Å². The summed E-state index contributed by atoms with van der Waals surface area (Å²) in [6, 6.07) is 1.65. The van der Waals surface area contributed by atoms with E-state index in [1.54, 1.807) is 19.9 Å². The minimum absolute atomic E-state index is 0.0266. The molecule has 7 nitrogen and oxygen atoms in total. The molecule has 0 saturated carbocycles. The van der Waals surface area contributed by atoms with Crippen molar-refractivity contribution in [2.24, 2.45) is 0 Å². The number of benzene rings is 1. The van der Waals surface area contributed by atoms with Crippen molar-refractivity contribution >= 4 is 33.2 Å². The summed E-state index contributed by atoms with van der Waals surface area (Å²) < 4.78 is 27.4. The quantitative estimate of drug-likeness (QED) is 0.764. The van der Waals surface area contributed by atoms with E-state index in [9.17, 15) is 8.42 Å². The van der Waals surface area contributed by atoms with Crippen molar-refractivity contribution in [3.63, 3.8) is 0 Å². The number of halogens is 2. The summed E-state index contributed by atoms with van der Waals surface area (Å²) in [5, 5.41) is 13.9. The highest BCUT2D eigenvalue weighted by atomic mass is 35.5. The lowest BCUT2D eigenvalue weighted by Gasteiger charge is -2.14. The van der Waals surface area contributed by atoms with Gasteiger partial charge in [0.1, 0.15) is 4.90 Å². The molecule has 1 aromatic heterocycles. The lowest BCUT2D eigenvalue weighted by Crippen LogP contribution is -2.26. The summed E-state index contributed by atoms with van der Waals surface area (Å²) in [5.41, 5.74) is 1.05. The summed E-state index contributed by atoms with van der Waals surface area (Å²) in [4.78, 5) is 0.0266. The van der Waals surface area contributed by atoms with Gasteiger partial charge in [-0.1, -0.05) is 28.4 Å². The van der Waals surface area contributed by atoms with Crippen molar-refractivity contribution in [1.29, 1.82) is 0 Å². The molecule has 0 fully saturated rings. The highest BCUT2D eigenvalue weighted by Crippen LogP contribution is 2.33. The van der Waals surface area contributed by atoms with Gasteiger partial charge < -0.3 is 0 Å². The zero-order valence-electron chi connectivity index (χ0n) is 12.0. The molecule has 2 rings (SSSR count). The van der Waals surface area contributed by atoms with Gasteiger partial charge in [-0.15, -0.1) is 10.2 Å². The molecule has 0 aliphatic rings. The highest BCUT2D eigenvalue weighted by molar-refractivity contribution is 7.89. The predicted molar refractivity (Wildman–Crippen MR) is 83.6 cm³/mol. The Morgan fingerprint density at radius 1 is 1.32 bits per heavy atom. The Balaban J connectivity index is 2.10. The predicted octanol–water partition coefficient (Wildman–Crippen LogP) is 2.03. The SMILES string of the molecule is Cc1cc(Cl)c(C)c(S(=O)(=O)NCCCc2nn[nH]n2)c1Cl. The van der Waals surface area contributed by atoms with Crippen molar-refractivity contribution in [1.82, 2.24) is 25.3 Å². The van der Waals surface area contributed by atoms with Crippen LogP contribution in [0.2, 0.25) is 10.0 Å². The molecule has 120 valence electrons. The molecule has 22 heavy (non-hydrogen) atoms. The Kier molecular flexibility index (Phi) is 5.38.